The molecule has 1 aromatic rings. The monoisotopic (exact) mass is 253 g/mol. The van der Waals surface area contributed by atoms with E-state index in [0.717, 1.165) is 12.5 Å². The molecule has 0 aliphatic carbocycles. The molecule has 0 aliphatic rings. The third-order valence-electron chi connectivity index (χ3n) is 1.93. The lowest BCUT2D eigenvalue weighted by Gasteiger charge is -2.18. The van der Waals surface area contributed by atoms with Gasteiger partial charge in [0.2, 0.25) is 5.28 Å². The summed E-state index contributed by atoms with van der Waals surface area (Å²) in [4.78, 5) is 8.50. The zero-order valence-corrected chi connectivity index (χ0v) is 9.60. The van der Waals surface area contributed by atoms with Gasteiger partial charge in [-0.05, 0) is 18.0 Å². The van der Waals surface area contributed by atoms with Gasteiger partial charge in [0.25, 0.3) is 0 Å². The van der Waals surface area contributed by atoms with Gasteiger partial charge in [0.1, 0.15) is 5.82 Å². The molecule has 1 aromatic heterocycles. The number of anilines is 1. The van der Waals surface area contributed by atoms with Gasteiger partial charge in [-0.1, -0.05) is 6.92 Å². The molecule has 0 amide bonds. The molecule has 0 fully saturated rings. The van der Waals surface area contributed by atoms with Crippen molar-refractivity contribution >= 4 is 17.4 Å². The van der Waals surface area contributed by atoms with E-state index in [-0.39, 0.29) is 5.82 Å². The number of alkyl halides is 3. The topological polar surface area (TPSA) is 29.0 Å². The highest BCUT2D eigenvalue weighted by Gasteiger charge is 2.33. The summed E-state index contributed by atoms with van der Waals surface area (Å²) in [5.41, 5.74) is -1.02. The van der Waals surface area contributed by atoms with Crippen LogP contribution in [0, 0.1) is 0 Å². The van der Waals surface area contributed by atoms with Crippen LogP contribution in [-0.4, -0.2) is 23.6 Å². The fourth-order valence-electron chi connectivity index (χ4n) is 1.20. The van der Waals surface area contributed by atoms with Gasteiger partial charge >= 0.3 is 6.18 Å². The van der Waals surface area contributed by atoms with E-state index in [2.05, 4.69) is 9.97 Å². The Hall–Kier alpha value is -1.04. The quantitative estimate of drug-likeness (QED) is 0.776. The summed E-state index contributed by atoms with van der Waals surface area (Å²) in [5.74, 6) is 0.175. The highest BCUT2D eigenvalue weighted by molar-refractivity contribution is 6.28. The third-order valence-corrected chi connectivity index (χ3v) is 2.09. The van der Waals surface area contributed by atoms with Crippen LogP contribution in [0.2, 0.25) is 5.28 Å². The van der Waals surface area contributed by atoms with Crippen molar-refractivity contribution < 1.29 is 13.2 Å². The Morgan fingerprint density at radius 2 is 2.00 bits per heavy atom. The van der Waals surface area contributed by atoms with Crippen LogP contribution in [0.1, 0.15) is 19.0 Å². The van der Waals surface area contributed by atoms with Gasteiger partial charge in [-0.15, -0.1) is 0 Å². The molecule has 0 atom stereocenters. The van der Waals surface area contributed by atoms with Crippen LogP contribution in [-0.2, 0) is 6.18 Å². The molecule has 0 radical (unpaired) electrons. The molecule has 0 saturated heterocycles. The maximum Gasteiger partial charge on any atom is 0.433 e. The average molecular weight is 254 g/mol. The Morgan fingerprint density at radius 1 is 1.38 bits per heavy atom. The molecule has 0 aromatic carbocycles. The predicted molar refractivity (Wildman–Crippen MR) is 55.6 cm³/mol. The van der Waals surface area contributed by atoms with Crippen molar-refractivity contribution in [1.29, 1.82) is 0 Å². The smallest absolute Gasteiger partial charge is 0.360 e. The van der Waals surface area contributed by atoms with Crippen LogP contribution in [0.5, 0.6) is 0 Å². The van der Waals surface area contributed by atoms with Crippen LogP contribution < -0.4 is 4.90 Å². The van der Waals surface area contributed by atoms with Gasteiger partial charge in [-0.2, -0.15) is 13.2 Å². The van der Waals surface area contributed by atoms with E-state index >= 15 is 0 Å². The summed E-state index contributed by atoms with van der Waals surface area (Å²) in [6.07, 6.45) is -3.70. The molecule has 16 heavy (non-hydrogen) atoms. The average Bonchev–Trinajstić information content (AvgIpc) is 2.16. The first-order valence-corrected chi connectivity index (χ1v) is 5.05. The van der Waals surface area contributed by atoms with Gasteiger partial charge in [0.05, 0.1) is 0 Å². The molecule has 0 bridgehead atoms. The largest absolute Gasteiger partial charge is 0.433 e. The second kappa shape index (κ2) is 4.86. The van der Waals surface area contributed by atoms with Gasteiger partial charge in [-0.25, -0.2) is 9.97 Å². The van der Waals surface area contributed by atoms with Crippen molar-refractivity contribution in [3.63, 3.8) is 0 Å². The molecule has 7 heteroatoms. The Balaban J connectivity index is 3.08. The molecule has 3 nitrogen and oxygen atoms in total. The Morgan fingerprint density at radius 3 is 2.50 bits per heavy atom. The van der Waals surface area contributed by atoms with Crippen LogP contribution in [0.15, 0.2) is 6.07 Å². The van der Waals surface area contributed by atoms with Crippen molar-refractivity contribution in [3.05, 3.63) is 17.0 Å². The van der Waals surface area contributed by atoms with Gasteiger partial charge in [0, 0.05) is 19.7 Å². The summed E-state index contributed by atoms with van der Waals surface area (Å²) in [6.45, 7) is 2.52. The van der Waals surface area contributed by atoms with Crippen molar-refractivity contribution in [2.75, 3.05) is 18.5 Å². The normalized spacial score (nSPS) is 11.6. The maximum atomic E-state index is 12.4. The number of hydrogen-bond donors (Lipinski definition) is 0. The van der Waals surface area contributed by atoms with Crippen molar-refractivity contribution in [1.82, 2.24) is 9.97 Å². The fourth-order valence-corrected chi connectivity index (χ4v) is 1.37. The molecular formula is C9H11ClF3N3. The molecule has 90 valence electrons. The van der Waals surface area contributed by atoms with Crippen molar-refractivity contribution in [2.24, 2.45) is 0 Å². The molecule has 0 aliphatic heterocycles. The third kappa shape index (κ3) is 3.23. The van der Waals surface area contributed by atoms with E-state index in [1.165, 1.54) is 0 Å². The summed E-state index contributed by atoms with van der Waals surface area (Å²) in [6, 6.07) is 0.890. The van der Waals surface area contributed by atoms with Gasteiger partial charge in [-0.3, -0.25) is 0 Å². The zero-order chi connectivity index (χ0) is 12.3. The number of hydrogen-bond acceptors (Lipinski definition) is 3. The molecular weight excluding hydrogens is 243 g/mol. The first-order chi connectivity index (χ1) is 7.34. The molecule has 1 heterocycles. The molecule has 0 saturated carbocycles. The fraction of sp³-hybridized carbons (Fsp3) is 0.556. The van der Waals surface area contributed by atoms with E-state index in [0.29, 0.717) is 6.54 Å². The Bertz CT molecular complexity index is 368. The first-order valence-electron chi connectivity index (χ1n) is 4.67. The first kappa shape index (κ1) is 13.0. The summed E-state index contributed by atoms with van der Waals surface area (Å²) >= 11 is 5.45. The highest BCUT2D eigenvalue weighted by Crippen LogP contribution is 2.30. The molecule has 0 unspecified atom stereocenters. The summed E-state index contributed by atoms with van der Waals surface area (Å²) < 4.78 is 37.3. The zero-order valence-electron chi connectivity index (χ0n) is 8.85. The lowest BCUT2D eigenvalue weighted by Crippen LogP contribution is -2.20. The summed E-state index contributed by atoms with van der Waals surface area (Å²) in [7, 11) is 1.66. The minimum Gasteiger partial charge on any atom is -0.360 e. The van der Waals surface area contributed by atoms with E-state index in [9.17, 15) is 13.2 Å². The highest BCUT2D eigenvalue weighted by atomic mass is 35.5. The van der Waals surface area contributed by atoms with E-state index < -0.39 is 17.2 Å². The standard InChI is InChI=1S/C9H11ClF3N3/c1-3-4-16(2)7-5-6(9(11,12)13)14-8(10)15-7/h5H,3-4H2,1-2H3. The minimum absolute atomic E-state index is 0.175. The molecule has 0 spiro atoms. The van der Waals surface area contributed by atoms with E-state index in [4.69, 9.17) is 11.6 Å². The van der Waals surface area contributed by atoms with E-state index in [1.807, 2.05) is 6.92 Å². The van der Waals surface area contributed by atoms with Gasteiger partial charge < -0.3 is 4.90 Å². The number of rotatable bonds is 3. The Kier molecular flexibility index (Phi) is 3.96. The lowest BCUT2D eigenvalue weighted by atomic mass is 10.3. The van der Waals surface area contributed by atoms with Crippen molar-refractivity contribution in [3.8, 4) is 0 Å². The number of nitrogens with zero attached hydrogens (tertiary/aromatic N) is 3. The predicted octanol–water partition coefficient (Wildman–Crippen LogP) is 3.00. The van der Waals surface area contributed by atoms with Gasteiger partial charge in [0.15, 0.2) is 5.69 Å². The summed E-state index contributed by atoms with van der Waals surface area (Å²) in [5, 5.41) is -0.396. The van der Waals surface area contributed by atoms with Crippen LogP contribution in [0.4, 0.5) is 19.0 Å². The second-order valence-electron chi connectivity index (χ2n) is 3.30. The van der Waals surface area contributed by atoms with Crippen molar-refractivity contribution in [2.45, 2.75) is 19.5 Å². The Labute approximate surface area is 96.3 Å². The second-order valence-corrected chi connectivity index (χ2v) is 3.64. The SMILES string of the molecule is CCCN(C)c1cc(C(F)(F)F)nc(Cl)n1. The van der Waals surface area contributed by atoms with Crippen LogP contribution >= 0.6 is 11.6 Å². The minimum atomic E-state index is -4.51. The maximum absolute atomic E-state index is 12.4. The van der Waals surface area contributed by atoms with Crippen LogP contribution in [0.25, 0.3) is 0 Å². The molecule has 1 rings (SSSR count). The lowest BCUT2D eigenvalue weighted by molar-refractivity contribution is -0.141. The number of aromatic nitrogens is 2. The molecule has 0 N–H and O–H groups in total. The number of halogens is 4. The van der Waals surface area contributed by atoms with Crippen LogP contribution in [0.3, 0.4) is 0 Å². The van der Waals surface area contributed by atoms with E-state index in [1.54, 1.807) is 11.9 Å².